The van der Waals surface area contributed by atoms with Gasteiger partial charge in [0.05, 0.1) is 23.4 Å². The van der Waals surface area contributed by atoms with Crippen molar-refractivity contribution in [2.75, 3.05) is 13.7 Å². The van der Waals surface area contributed by atoms with Gasteiger partial charge in [0, 0.05) is 25.0 Å². The number of nitrogens with zero attached hydrogens (tertiary/aromatic N) is 1. The number of amides is 1. The van der Waals surface area contributed by atoms with Crippen LogP contribution in [0.15, 0.2) is 36.7 Å². The fraction of sp³-hybridized carbons (Fsp3) is 0.312. The van der Waals surface area contributed by atoms with Gasteiger partial charge in [0.2, 0.25) is 0 Å². The number of methoxy groups -OCH3 is 1. The summed E-state index contributed by atoms with van der Waals surface area (Å²) in [6.45, 7) is 2.73. The molecule has 5 heteroatoms. The summed E-state index contributed by atoms with van der Waals surface area (Å²) in [6, 6.07) is 7.25. The van der Waals surface area contributed by atoms with Crippen LogP contribution in [0.25, 0.3) is 5.69 Å². The first kappa shape index (κ1) is 15.4. The molecule has 0 bridgehead atoms. The first-order chi connectivity index (χ1) is 10.2. The molecule has 2 aromatic rings. The Balaban J connectivity index is 2.31. The highest BCUT2D eigenvalue weighted by Gasteiger charge is 2.16. The number of carbonyl (C=O) groups excluding carboxylic acids is 1. The molecule has 0 saturated carbocycles. The summed E-state index contributed by atoms with van der Waals surface area (Å²) in [7, 11) is 1.55. The van der Waals surface area contributed by atoms with Crippen LogP contribution in [0.2, 0.25) is 5.02 Å². The molecule has 1 heterocycles. The van der Waals surface area contributed by atoms with E-state index < -0.39 is 0 Å². The van der Waals surface area contributed by atoms with Crippen molar-refractivity contribution in [1.29, 1.82) is 0 Å². The molecule has 0 unspecified atom stereocenters. The lowest BCUT2D eigenvalue weighted by Crippen LogP contribution is -2.25. The van der Waals surface area contributed by atoms with Crippen molar-refractivity contribution in [3.8, 4) is 11.4 Å². The van der Waals surface area contributed by atoms with Crippen molar-refractivity contribution in [3.63, 3.8) is 0 Å². The van der Waals surface area contributed by atoms with E-state index in [1.807, 2.05) is 29.1 Å². The molecular formula is C16H19ClN2O2. The minimum Gasteiger partial charge on any atom is -0.496 e. The van der Waals surface area contributed by atoms with Crippen LogP contribution in [0.1, 0.15) is 30.1 Å². The van der Waals surface area contributed by atoms with Gasteiger partial charge in [-0.05, 0) is 24.6 Å². The van der Waals surface area contributed by atoms with Crippen molar-refractivity contribution in [2.45, 2.75) is 19.8 Å². The van der Waals surface area contributed by atoms with Crippen molar-refractivity contribution in [1.82, 2.24) is 9.88 Å². The van der Waals surface area contributed by atoms with E-state index in [9.17, 15) is 4.79 Å². The number of nitrogens with one attached hydrogen (secondary N) is 1. The molecule has 4 nitrogen and oxygen atoms in total. The first-order valence-electron chi connectivity index (χ1n) is 6.96. The largest absolute Gasteiger partial charge is 0.496 e. The molecule has 0 saturated heterocycles. The van der Waals surface area contributed by atoms with Crippen LogP contribution < -0.4 is 10.1 Å². The molecule has 1 aromatic carbocycles. The van der Waals surface area contributed by atoms with Gasteiger partial charge in [0.1, 0.15) is 5.75 Å². The Kier molecular flexibility index (Phi) is 5.28. The van der Waals surface area contributed by atoms with E-state index in [1.165, 1.54) is 0 Å². The summed E-state index contributed by atoms with van der Waals surface area (Å²) in [5.74, 6) is 0.346. The lowest BCUT2D eigenvalue weighted by molar-refractivity contribution is 0.0950. The standard InChI is InChI=1S/C16H19ClN2O2/c1-3-4-7-18-16(20)12-10-13(17)14(11-15(12)21-2)19-8-5-6-9-19/h5-6,8-11H,3-4,7H2,1-2H3,(H,18,20). The average molecular weight is 307 g/mol. The fourth-order valence-electron chi connectivity index (χ4n) is 2.06. The number of benzene rings is 1. The third kappa shape index (κ3) is 3.58. The average Bonchev–Trinajstić information content (AvgIpc) is 3.01. The number of halogens is 1. The number of aromatic nitrogens is 1. The van der Waals surface area contributed by atoms with Crippen molar-refractivity contribution in [2.24, 2.45) is 0 Å². The van der Waals surface area contributed by atoms with Crippen LogP contribution in [0.4, 0.5) is 0 Å². The summed E-state index contributed by atoms with van der Waals surface area (Å²) in [5, 5.41) is 3.38. The molecule has 0 atom stereocenters. The monoisotopic (exact) mass is 306 g/mol. The molecule has 0 radical (unpaired) electrons. The molecule has 1 amide bonds. The van der Waals surface area contributed by atoms with Crippen LogP contribution in [-0.4, -0.2) is 24.1 Å². The molecule has 0 spiro atoms. The van der Waals surface area contributed by atoms with Gasteiger partial charge >= 0.3 is 0 Å². The third-order valence-corrected chi connectivity index (χ3v) is 3.51. The predicted molar refractivity (Wildman–Crippen MR) is 84.6 cm³/mol. The lowest BCUT2D eigenvalue weighted by atomic mass is 10.1. The summed E-state index contributed by atoms with van der Waals surface area (Å²) >= 11 is 6.30. The summed E-state index contributed by atoms with van der Waals surface area (Å²) in [6.07, 6.45) is 5.76. The highest BCUT2D eigenvalue weighted by Crippen LogP contribution is 2.29. The van der Waals surface area contributed by atoms with Crippen molar-refractivity contribution < 1.29 is 9.53 Å². The maximum atomic E-state index is 12.2. The summed E-state index contributed by atoms with van der Waals surface area (Å²) < 4.78 is 7.21. The molecule has 21 heavy (non-hydrogen) atoms. The number of hydrogen-bond donors (Lipinski definition) is 1. The van der Waals surface area contributed by atoms with E-state index >= 15 is 0 Å². The second-order valence-corrected chi connectivity index (χ2v) is 5.11. The molecule has 2 rings (SSSR count). The minimum absolute atomic E-state index is 0.166. The quantitative estimate of drug-likeness (QED) is 0.828. The van der Waals surface area contributed by atoms with E-state index in [2.05, 4.69) is 12.2 Å². The highest BCUT2D eigenvalue weighted by molar-refractivity contribution is 6.33. The molecule has 112 valence electrons. The summed E-state index contributed by atoms with van der Waals surface area (Å²) in [5.41, 5.74) is 1.23. The Hall–Kier alpha value is -1.94. The van der Waals surface area contributed by atoms with E-state index in [0.29, 0.717) is 22.9 Å². The SMILES string of the molecule is CCCCNC(=O)c1cc(Cl)c(-n2cccc2)cc1OC. The number of ether oxygens (including phenoxy) is 1. The van der Waals surface area contributed by atoms with Gasteiger partial charge in [-0.25, -0.2) is 0 Å². The summed E-state index contributed by atoms with van der Waals surface area (Å²) in [4.78, 5) is 12.2. The molecular weight excluding hydrogens is 288 g/mol. The Morgan fingerprint density at radius 3 is 2.67 bits per heavy atom. The first-order valence-corrected chi connectivity index (χ1v) is 7.34. The van der Waals surface area contributed by atoms with Gasteiger partial charge in [0.25, 0.3) is 5.91 Å². The van der Waals surface area contributed by atoms with E-state index in [4.69, 9.17) is 16.3 Å². The van der Waals surface area contributed by atoms with E-state index in [1.54, 1.807) is 19.2 Å². The third-order valence-electron chi connectivity index (χ3n) is 3.21. The zero-order valence-corrected chi connectivity index (χ0v) is 13.0. The van der Waals surface area contributed by atoms with Gasteiger partial charge in [-0.15, -0.1) is 0 Å². The molecule has 1 aromatic heterocycles. The predicted octanol–water partition coefficient (Wildman–Crippen LogP) is 3.67. The Bertz CT molecular complexity index is 609. The minimum atomic E-state index is -0.166. The second-order valence-electron chi connectivity index (χ2n) is 4.70. The van der Waals surface area contributed by atoms with Crippen LogP contribution in [0, 0.1) is 0 Å². The molecule has 0 aliphatic carbocycles. The van der Waals surface area contributed by atoms with Gasteiger partial charge in [-0.3, -0.25) is 4.79 Å². The maximum absolute atomic E-state index is 12.2. The maximum Gasteiger partial charge on any atom is 0.255 e. The van der Waals surface area contributed by atoms with Gasteiger partial charge in [-0.2, -0.15) is 0 Å². The van der Waals surface area contributed by atoms with Gasteiger partial charge in [0.15, 0.2) is 0 Å². The van der Waals surface area contributed by atoms with Crippen LogP contribution in [0.3, 0.4) is 0 Å². The number of carbonyl (C=O) groups is 1. The van der Waals surface area contributed by atoms with E-state index in [0.717, 1.165) is 18.5 Å². The topological polar surface area (TPSA) is 43.3 Å². The van der Waals surface area contributed by atoms with Gasteiger partial charge in [-0.1, -0.05) is 24.9 Å². The van der Waals surface area contributed by atoms with E-state index in [-0.39, 0.29) is 5.91 Å². The fourth-order valence-corrected chi connectivity index (χ4v) is 2.32. The number of rotatable bonds is 6. The Morgan fingerprint density at radius 1 is 1.33 bits per heavy atom. The molecule has 0 fully saturated rings. The number of hydrogen-bond acceptors (Lipinski definition) is 2. The molecule has 0 aliphatic heterocycles. The molecule has 0 aliphatic rings. The zero-order valence-electron chi connectivity index (χ0n) is 12.2. The van der Waals surface area contributed by atoms with Crippen molar-refractivity contribution in [3.05, 3.63) is 47.2 Å². The second kappa shape index (κ2) is 7.18. The van der Waals surface area contributed by atoms with Crippen molar-refractivity contribution >= 4 is 17.5 Å². The Labute approximate surface area is 129 Å². The van der Waals surface area contributed by atoms with Crippen LogP contribution in [-0.2, 0) is 0 Å². The molecule has 1 N–H and O–H groups in total. The normalized spacial score (nSPS) is 10.4. The zero-order chi connectivity index (χ0) is 15.2. The smallest absolute Gasteiger partial charge is 0.255 e. The lowest BCUT2D eigenvalue weighted by Gasteiger charge is -2.13. The highest BCUT2D eigenvalue weighted by atomic mass is 35.5. The Morgan fingerprint density at radius 2 is 2.05 bits per heavy atom. The van der Waals surface area contributed by atoms with Gasteiger partial charge < -0.3 is 14.6 Å². The van der Waals surface area contributed by atoms with Crippen LogP contribution >= 0.6 is 11.6 Å². The number of unbranched alkanes of at least 4 members (excludes halogenated alkanes) is 1. The van der Waals surface area contributed by atoms with Crippen LogP contribution in [0.5, 0.6) is 5.75 Å².